The number of carbonyl (C=O) groups is 1. The molecular weight excluding hydrogens is 474 g/mol. The highest BCUT2D eigenvalue weighted by atomic mass is 79.9. The molecule has 3 aromatic rings. The van der Waals surface area contributed by atoms with Gasteiger partial charge in [0.25, 0.3) is 5.91 Å². The monoisotopic (exact) mass is 493 g/mol. The molecule has 8 heteroatoms. The molecule has 6 nitrogen and oxygen atoms in total. The summed E-state index contributed by atoms with van der Waals surface area (Å²) in [5.41, 5.74) is 1.02. The summed E-state index contributed by atoms with van der Waals surface area (Å²) in [4.78, 5) is 12.3. The Morgan fingerprint density at radius 2 is 1.80 bits per heavy atom. The van der Waals surface area contributed by atoms with Crippen molar-refractivity contribution in [3.63, 3.8) is 0 Å². The second kappa shape index (κ2) is 10.4. The molecule has 0 bridgehead atoms. The Morgan fingerprint density at radius 3 is 2.53 bits per heavy atom. The molecule has 1 heterocycles. The Hall–Kier alpha value is -2.64. The van der Waals surface area contributed by atoms with E-state index in [0.717, 1.165) is 10.0 Å². The van der Waals surface area contributed by atoms with E-state index in [9.17, 15) is 4.79 Å². The van der Waals surface area contributed by atoms with Crippen LogP contribution in [0.5, 0.6) is 17.2 Å². The Kier molecular flexibility index (Phi) is 7.65. The zero-order valence-electron chi connectivity index (χ0n) is 16.5. The van der Waals surface area contributed by atoms with Gasteiger partial charge in [0.15, 0.2) is 17.3 Å². The number of halogens is 2. The summed E-state index contributed by atoms with van der Waals surface area (Å²) in [6, 6.07) is 14.3. The molecule has 0 spiro atoms. The van der Waals surface area contributed by atoms with Crippen LogP contribution in [-0.4, -0.2) is 26.7 Å². The van der Waals surface area contributed by atoms with E-state index in [1.807, 2.05) is 24.3 Å². The fraction of sp³-hybridized carbons (Fsp3) is 0.227. The van der Waals surface area contributed by atoms with Gasteiger partial charge in [0, 0.05) is 11.0 Å². The van der Waals surface area contributed by atoms with Crippen LogP contribution in [0.15, 0.2) is 57.4 Å². The van der Waals surface area contributed by atoms with Crippen LogP contribution in [0.2, 0.25) is 5.02 Å². The van der Waals surface area contributed by atoms with Gasteiger partial charge in [0.1, 0.15) is 18.1 Å². The molecule has 0 aliphatic rings. The molecule has 0 atom stereocenters. The van der Waals surface area contributed by atoms with Crippen molar-refractivity contribution in [2.75, 3.05) is 20.8 Å². The normalized spacial score (nSPS) is 10.5. The fourth-order valence-corrected chi connectivity index (χ4v) is 3.49. The number of amides is 1. The molecule has 3 rings (SSSR count). The largest absolute Gasteiger partial charge is 0.493 e. The Labute approximate surface area is 188 Å². The minimum atomic E-state index is -0.289. The van der Waals surface area contributed by atoms with E-state index in [-0.39, 0.29) is 18.3 Å². The number of benzene rings is 2. The average Bonchev–Trinajstić information content (AvgIpc) is 3.22. The summed E-state index contributed by atoms with van der Waals surface area (Å²) in [6.07, 6.45) is 0.644. The number of nitrogens with one attached hydrogen (secondary N) is 1. The molecule has 1 amide bonds. The van der Waals surface area contributed by atoms with Crippen molar-refractivity contribution in [3.05, 3.63) is 75.1 Å². The molecule has 1 N–H and O–H groups in total. The molecule has 0 radical (unpaired) electrons. The van der Waals surface area contributed by atoms with Crippen LogP contribution in [0.1, 0.15) is 21.9 Å². The topological polar surface area (TPSA) is 69.9 Å². The minimum absolute atomic E-state index is 0.167. The average molecular weight is 495 g/mol. The van der Waals surface area contributed by atoms with Crippen LogP contribution in [0.4, 0.5) is 0 Å². The third kappa shape index (κ3) is 5.70. The van der Waals surface area contributed by atoms with E-state index >= 15 is 0 Å². The van der Waals surface area contributed by atoms with E-state index in [0.29, 0.717) is 41.0 Å². The lowest BCUT2D eigenvalue weighted by Crippen LogP contribution is -2.25. The van der Waals surface area contributed by atoms with Gasteiger partial charge in [-0.25, -0.2) is 0 Å². The van der Waals surface area contributed by atoms with Gasteiger partial charge in [-0.05, 0) is 54.4 Å². The van der Waals surface area contributed by atoms with Crippen molar-refractivity contribution in [1.29, 1.82) is 0 Å². The van der Waals surface area contributed by atoms with E-state index in [2.05, 4.69) is 21.2 Å². The Bertz CT molecular complexity index is 1020. The van der Waals surface area contributed by atoms with E-state index in [4.69, 9.17) is 30.2 Å². The van der Waals surface area contributed by atoms with Gasteiger partial charge >= 0.3 is 0 Å². The van der Waals surface area contributed by atoms with Gasteiger partial charge in [-0.15, -0.1) is 0 Å². The number of rotatable bonds is 9. The number of hydrogen-bond donors (Lipinski definition) is 1. The quantitative estimate of drug-likeness (QED) is 0.439. The van der Waals surface area contributed by atoms with Crippen molar-refractivity contribution >= 4 is 33.4 Å². The summed E-state index contributed by atoms with van der Waals surface area (Å²) in [5.74, 6) is 2.32. The molecule has 0 saturated heterocycles. The maximum Gasteiger partial charge on any atom is 0.287 e. The van der Waals surface area contributed by atoms with Crippen LogP contribution < -0.4 is 19.5 Å². The molecule has 158 valence electrons. The molecule has 1 aromatic heterocycles. The van der Waals surface area contributed by atoms with Gasteiger partial charge in [0.2, 0.25) is 0 Å². The second-order valence-electron chi connectivity index (χ2n) is 6.32. The molecule has 2 aromatic carbocycles. The van der Waals surface area contributed by atoms with Crippen LogP contribution in [-0.2, 0) is 13.0 Å². The third-order valence-electron chi connectivity index (χ3n) is 4.30. The maximum absolute atomic E-state index is 12.3. The minimum Gasteiger partial charge on any atom is -0.493 e. The first-order chi connectivity index (χ1) is 14.5. The van der Waals surface area contributed by atoms with Gasteiger partial charge in [0.05, 0.1) is 19.2 Å². The predicted octanol–water partition coefficient (Wildman–Crippen LogP) is 5.26. The first-order valence-electron chi connectivity index (χ1n) is 9.16. The number of ether oxygens (including phenoxy) is 3. The smallest absolute Gasteiger partial charge is 0.287 e. The zero-order chi connectivity index (χ0) is 21.5. The van der Waals surface area contributed by atoms with Crippen molar-refractivity contribution in [3.8, 4) is 17.2 Å². The predicted molar refractivity (Wildman–Crippen MR) is 118 cm³/mol. The van der Waals surface area contributed by atoms with E-state index in [1.54, 1.807) is 38.5 Å². The maximum atomic E-state index is 12.3. The van der Waals surface area contributed by atoms with Crippen molar-refractivity contribution < 1.29 is 23.4 Å². The summed E-state index contributed by atoms with van der Waals surface area (Å²) in [5, 5.41) is 3.33. The highest BCUT2D eigenvalue weighted by Gasteiger charge is 2.12. The Balaban J connectivity index is 1.50. The fourth-order valence-electron chi connectivity index (χ4n) is 2.76. The SMILES string of the molecule is COc1ccc(CCNC(=O)c2ccc(COc3ccc(Br)cc3Cl)o2)cc1OC. The van der Waals surface area contributed by atoms with Gasteiger partial charge in [-0.2, -0.15) is 0 Å². The van der Waals surface area contributed by atoms with Crippen molar-refractivity contribution in [1.82, 2.24) is 5.32 Å². The summed E-state index contributed by atoms with van der Waals surface area (Å²) >= 11 is 9.48. The number of carbonyl (C=O) groups excluding carboxylic acids is 1. The lowest BCUT2D eigenvalue weighted by molar-refractivity contribution is 0.0922. The molecule has 0 aliphatic carbocycles. The van der Waals surface area contributed by atoms with Crippen LogP contribution in [0, 0.1) is 0 Å². The number of methoxy groups -OCH3 is 2. The third-order valence-corrected chi connectivity index (χ3v) is 5.09. The summed E-state index contributed by atoms with van der Waals surface area (Å²) in [7, 11) is 3.18. The molecule has 0 fully saturated rings. The molecule has 30 heavy (non-hydrogen) atoms. The number of hydrogen-bond acceptors (Lipinski definition) is 5. The molecule has 0 unspecified atom stereocenters. The van der Waals surface area contributed by atoms with Gasteiger partial charge in [-0.1, -0.05) is 33.6 Å². The van der Waals surface area contributed by atoms with Crippen LogP contribution >= 0.6 is 27.5 Å². The standard InChI is InChI=1S/C22H21BrClNO5/c1-27-19-6-3-14(11-21(19)28-2)9-10-25-22(26)20-8-5-16(30-20)13-29-18-7-4-15(23)12-17(18)24/h3-8,11-12H,9-10,13H2,1-2H3,(H,25,26). The Morgan fingerprint density at radius 1 is 1.03 bits per heavy atom. The van der Waals surface area contributed by atoms with Crippen LogP contribution in [0.3, 0.4) is 0 Å². The molecular formula is C22H21BrClNO5. The van der Waals surface area contributed by atoms with E-state index in [1.165, 1.54) is 0 Å². The summed E-state index contributed by atoms with van der Waals surface area (Å²) in [6.45, 7) is 0.621. The number of furan rings is 1. The second-order valence-corrected chi connectivity index (χ2v) is 7.65. The lowest BCUT2D eigenvalue weighted by Gasteiger charge is -2.10. The summed E-state index contributed by atoms with van der Waals surface area (Å²) < 4.78 is 22.6. The zero-order valence-corrected chi connectivity index (χ0v) is 18.9. The first-order valence-corrected chi connectivity index (χ1v) is 10.3. The van der Waals surface area contributed by atoms with Gasteiger partial charge < -0.3 is 23.9 Å². The van der Waals surface area contributed by atoms with Crippen molar-refractivity contribution in [2.45, 2.75) is 13.0 Å². The van der Waals surface area contributed by atoms with Gasteiger partial charge in [-0.3, -0.25) is 4.79 Å². The van der Waals surface area contributed by atoms with Crippen molar-refractivity contribution in [2.24, 2.45) is 0 Å². The highest BCUT2D eigenvalue weighted by molar-refractivity contribution is 9.10. The first kappa shape index (κ1) is 22.1. The van der Waals surface area contributed by atoms with Crippen LogP contribution in [0.25, 0.3) is 0 Å². The molecule has 0 saturated carbocycles. The molecule has 0 aliphatic heterocycles. The lowest BCUT2D eigenvalue weighted by atomic mass is 10.1. The van der Waals surface area contributed by atoms with E-state index < -0.39 is 0 Å². The highest BCUT2D eigenvalue weighted by Crippen LogP contribution is 2.29.